The molecule has 0 atom stereocenters. The molecule has 1 saturated heterocycles. The summed E-state index contributed by atoms with van der Waals surface area (Å²) in [4.78, 5) is 2.56. The van der Waals surface area contributed by atoms with Gasteiger partial charge in [-0.25, -0.2) is 13.6 Å². The van der Waals surface area contributed by atoms with Gasteiger partial charge in [0.2, 0.25) is 10.0 Å². The van der Waals surface area contributed by atoms with Gasteiger partial charge in [-0.3, -0.25) is 0 Å². The molecule has 6 heteroatoms. The number of rotatable bonds is 5. The van der Waals surface area contributed by atoms with Crippen LogP contribution in [0.15, 0.2) is 29.2 Å². The summed E-state index contributed by atoms with van der Waals surface area (Å²) in [7, 11) is -3.66. The van der Waals surface area contributed by atoms with E-state index in [-0.39, 0.29) is 4.90 Å². The van der Waals surface area contributed by atoms with Crippen molar-refractivity contribution in [1.29, 1.82) is 0 Å². The molecule has 0 amide bonds. The molecule has 0 aromatic heterocycles. The van der Waals surface area contributed by atoms with Crippen LogP contribution in [-0.2, 0) is 10.0 Å². The summed E-state index contributed by atoms with van der Waals surface area (Å²) in [5.74, 6) is 0. The third-order valence-electron chi connectivity index (χ3n) is 3.39. The fourth-order valence-electron chi connectivity index (χ4n) is 2.39. The molecule has 1 aromatic rings. The van der Waals surface area contributed by atoms with Crippen molar-refractivity contribution in [2.45, 2.75) is 24.2 Å². The van der Waals surface area contributed by atoms with Crippen LogP contribution in [0.2, 0.25) is 0 Å². The van der Waals surface area contributed by atoms with Crippen molar-refractivity contribution in [3.05, 3.63) is 24.3 Å². The highest BCUT2D eigenvalue weighted by Crippen LogP contribution is 2.19. The lowest BCUT2D eigenvalue weighted by atomic mass is 10.1. The monoisotopic (exact) mass is 283 g/mol. The molecule has 0 spiro atoms. The SMILES string of the molecule is NS(=O)(=O)c1ccccc1NCCN1CCCCC1. The first-order chi connectivity index (χ1) is 9.07. The van der Waals surface area contributed by atoms with Gasteiger partial charge in [0.15, 0.2) is 0 Å². The lowest BCUT2D eigenvalue weighted by molar-refractivity contribution is 0.237. The number of sulfonamides is 1. The van der Waals surface area contributed by atoms with Crippen molar-refractivity contribution in [2.24, 2.45) is 5.14 Å². The summed E-state index contributed by atoms with van der Waals surface area (Å²) in [6, 6.07) is 6.75. The zero-order valence-corrected chi connectivity index (χ0v) is 11.8. The summed E-state index contributed by atoms with van der Waals surface area (Å²) in [6.07, 6.45) is 3.83. The molecule has 0 saturated carbocycles. The number of likely N-dealkylation sites (tertiary alicyclic amines) is 1. The van der Waals surface area contributed by atoms with Gasteiger partial charge in [0, 0.05) is 13.1 Å². The average molecular weight is 283 g/mol. The Hall–Kier alpha value is -1.11. The second-order valence-corrected chi connectivity index (χ2v) is 6.40. The number of anilines is 1. The quantitative estimate of drug-likeness (QED) is 0.852. The van der Waals surface area contributed by atoms with Gasteiger partial charge in [0.1, 0.15) is 4.90 Å². The van der Waals surface area contributed by atoms with Gasteiger partial charge in [-0.15, -0.1) is 0 Å². The van der Waals surface area contributed by atoms with E-state index in [9.17, 15) is 8.42 Å². The van der Waals surface area contributed by atoms with Crippen LogP contribution < -0.4 is 10.5 Å². The Morgan fingerprint density at radius 3 is 2.53 bits per heavy atom. The van der Waals surface area contributed by atoms with Gasteiger partial charge in [-0.05, 0) is 38.1 Å². The van der Waals surface area contributed by atoms with Crippen LogP contribution in [0.25, 0.3) is 0 Å². The minimum atomic E-state index is -3.66. The second-order valence-electron chi connectivity index (χ2n) is 4.87. The maximum Gasteiger partial charge on any atom is 0.240 e. The zero-order valence-electron chi connectivity index (χ0n) is 11.0. The van der Waals surface area contributed by atoms with E-state index in [0.29, 0.717) is 5.69 Å². The van der Waals surface area contributed by atoms with E-state index in [1.165, 1.54) is 25.3 Å². The van der Waals surface area contributed by atoms with Crippen LogP contribution in [0.3, 0.4) is 0 Å². The predicted octanol–water partition coefficient (Wildman–Crippen LogP) is 1.23. The lowest BCUT2D eigenvalue weighted by Gasteiger charge is -2.26. The summed E-state index contributed by atoms with van der Waals surface area (Å²) in [5, 5.41) is 8.36. The lowest BCUT2D eigenvalue weighted by Crippen LogP contribution is -2.33. The van der Waals surface area contributed by atoms with Crippen LogP contribution >= 0.6 is 0 Å². The van der Waals surface area contributed by atoms with E-state index in [1.54, 1.807) is 18.2 Å². The van der Waals surface area contributed by atoms with E-state index in [2.05, 4.69) is 10.2 Å². The molecule has 3 N–H and O–H groups in total. The van der Waals surface area contributed by atoms with Crippen molar-refractivity contribution >= 4 is 15.7 Å². The number of primary sulfonamides is 1. The van der Waals surface area contributed by atoms with E-state index < -0.39 is 10.0 Å². The smallest absolute Gasteiger partial charge is 0.240 e. The largest absolute Gasteiger partial charge is 0.383 e. The fraction of sp³-hybridized carbons (Fsp3) is 0.538. The number of piperidine rings is 1. The van der Waals surface area contributed by atoms with Crippen molar-refractivity contribution in [2.75, 3.05) is 31.5 Å². The molecule has 0 bridgehead atoms. The molecule has 1 fully saturated rings. The summed E-state index contributed by atoms with van der Waals surface area (Å²) >= 11 is 0. The van der Waals surface area contributed by atoms with E-state index in [1.807, 2.05) is 0 Å². The van der Waals surface area contributed by atoms with Gasteiger partial charge < -0.3 is 10.2 Å². The van der Waals surface area contributed by atoms with Gasteiger partial charge in [0.05, 0.1) is 5.69 Å². The minimum Gasteiger partial charge on any atom is -0.383 e. The molecule has 5 nitrogen and oxygen atoms in total. The van der Waals surface area contributed by atoms with Gasteiger partial charge in [-0.2, -0.15) is 0 Å². The van der Waals surface area contributed by atoms with Crippen LogP contribution in [0.4, 0.5) is 5.69 Å². The highest BCUT2D eigenvalue weighted by Gasteiger charge is 2.13. The molecule has 1 aliphatic rings. The minimum absolute atomic E-state index is 0.161. The Labute approximate surface area is 114 Å². The first-order valence-electron chi connectivity index (χ1n) is 6.65. The number of para-hydroxylation sites is 1. The average Bonchev–Trinajstić information content (AvgIpc) is 2.39. The van der Waals surface area contributed by atoms with Crippen LogP contribution in [-0.4, -0.2) is 39.5 Å². The molecule has 1 heterocycles. The number of nitrogens with zero attached hydrogens (tertiary/aromatic N) is 1. The highest BCUT2D eigenvalue weighted by atomic mass is 32.2. The number of nitrogens with two attached hydrogens (primary N) is 1. The Bertz CT molecular complexity index is 510. The Balaban J connectivity index is 1.92. The normalized spacial score (nSPS) is 17.3. The topological polar surface area (TPSA) is 75.4 Å². The van der Waals surface area contributed by atoms with Crippen molar-refractivity contribution in [3.63, 3.8) is 0 Å². The summed E-state index contributed by atoms with van der Waals surface area (Å²) < 4.78 is 22.9. The zero-order chi connectivity index (χ0) is 13.7. The third kappa shape index (κ3) is 4.19. The number of hydrogen-bond acceptors (Lipinski definition) is 4. The highest BCUT2D eigenvalue weighted by molar-refractivity contribution is 7.89. The summed E-state index contributed by atoms with van der Waals surface area (Å²) in [5.41, 5.74) is 0.585. The van der Waals surface area contributed by atoms with Gasteiger partial charge >= 0.3 is 0 Å². The molecule has 0 radical (unpaired) electrons. The first-order valence-corrected chi connectivity index (χ1v) is 8.20. The summed E-state index contributed by atoms with van der Waals surface area (Å²) in [6.45, 7) is 3.93. The van der Waals surface area contributed by atoms with Crippen LogP contribution in [0, 0.1) is 0 Å². The van der Waals surface area contributed by atoms with Crippen molar-refractivity contribution in [1.82, 2.24) is 4.90 Å². The molecular formula is C13H21N3O2S. The fourth-order valence-corrected chi connectivity index (χ4v) is 3.11. The molecular weight excluding hydrogens is 262 g/mol. The molecule has 0 unspecified atom stereocenters. The number of benzene rings is 1. The maximum absolute atomic E-state index is 11.4. The second kappa shape index (κ2) is 6.36. The number of nitrogens with one attached hydrogen (secondary N) is 1. The van der Waals surface area contributed by atoms with Gasteiger partial charge in [0.25, 0.3) is 0 Å². The van der Waals surface area contributed by atoms with Crippen molar-refractivity contribution in [3.8, 4) is 0 Å². The standard InChI is InChI=1S/C13H21N3O2S/c14-19(17,18)13-7-3-2-6-12(13)15-8-11-16-9-4-1-5-10-16/h2-3,6-7,15H,1,4-5,8-11H2,(H2,14,17,18). The Kier molecular flexibility index (Phi) is 4.79. The molecule has 1 aliphatic heterocycles. The Morgan fingerprint density at radius 2 is 1.84 bits per heavy atom. The molecule has 19 heavy (non-hydrogen) atoms. The number of hydrogen-bond donors (Lipinski definition) is 2. The van der Waals surface area contributed by atoms with Gasteiger partial charge in [-0.1, -0.05) is 18.6 Å². The van der Waals surface area contributed by atoms with Crippen LogP contribution in [0.5, 0.6) is 0 Å². The predicted molar refractivity (Wildman–Crippen MR) is 76.6 cm³/mol. The Morgan fingerprint density at radius 1 is 1.16 bits per heavy atom. The van der Waals surface area contributed by atoms with E-state index in [4.69, 9.17) is 5.14 Å². The van der Waals surface area contributed by atoms with Crippen LogP contribution in [0.1, 0.15) is 19.3 Å². The van der Waals surface area contributed by atoms with Crippen molar-refractivity contribution < 1.29 is 8.42 Å². The molecule has 2 rings (SSSR count). The molecule has 1 aromatic carbocycles. The molecule has 0 aliphatic carbocycles. The third-order valence-corrected chi connectivity index (χ3v) is 4.35. The first kappa shape index (κ1) is 14.3. The maximum atomic E-state index is 11.4. The van der Waals surface area contributed by atoms with E-state index in [0.717, 1.165) is 26.2 Å². The molecule has 106 valence electrons. The van der Waals surface area contributed by atoms with E-state index >= 15 is 0 Å².